The standard InChI is InChI=1S/C18H21N3/c1-2-6-14(7-3-1)18(17-8-4-5-9-20-17)21-12-15-10-19-11-16(15)13-21/h1-9,15-16,18-19H,10-13H2/t15-,16+,18?. The molecule has 3 heterocycles. The van der Waals surface area contributed by atoms with Crippen LogP contribution >= 0.6 is 0 Å². The molecule has 0 spiro atoms. The molecule has 2 aromatic rings. The van der Waals surface area contributed by atoms with Gasteiger partial charge in [0.25, 0.3) is 0 Å². The molecular formula is C18H21N3. The maximum Gasteiger partial charge on any atom is 0.0776 e. The second kappa shape index (κ2) is 5.58. The summed E-state index contributed by atoms with van der Waals surface area (Å²) >= 11 is 0. The number of likely N-dealkylation sites (tertiary alicyclic amines) is 1. The van der Waals surface area contributed by atoms with Crippen molar-refractivity contribution in [1.82, 2.24) is 15.2 Å². The highest BCUT2D eigenvalue weighted by Crippen LogP contribution is 2.35. The fourth-order valence-corrected chi connectivity index (χ4v) is 3.84. The molecule has 2 aliphatic heterocycles. The van der Waals surface area contributed by atoms with Crippen LogP contribution in [0.4, 0.5) is 0 Å². The van der Waals surface area contributed by atoms with Gasteiger partial charge in [0.2, 0.25) is 0 Å². The Hall–Kier alpha value is -1.71. The minimum Gasteiger partial charge on any atom is -0.316 e. The first-order valence-electron chi connectivity index (χ1n) is 7.82. The number of fused-ring (bicyclic) bond motifs is 1. The monoisotopic (exact) mass is 279 g/mol. The fourth-order valence-electron chi connectivity index (χ4n) is 3.84. The second-order valence-electron chi connectivity index (χ2n) is 6.20. The third-order valence-corrected chi connectivity index (χ3v) is 4.87. The summed E-state index contributed by atoms with van der Waals surface area (Å²) in [4.78, 5) is 7.26. The molecule has 1 aromatic heterocycles. The predicted molar refractivity (Wildman–Crippen MR) is 83.9 cm³/mol. The lowest BCUT2D eigenvalue weighted by Gasteiger charge is -2.28. The highest BCUT2D eigenvalue weighted by Gasteiger charge is 2.39. The van der Waals surface area contributed by atoms with E-state index in [0.717, 1.165) is 17.5 Å². The van der Waals surface area contributed by atoms with Crippen molar-refractivity contribution < 1.29 is 0 Å². The Morgan fingerprint density at radius 2 is 1.67 bits per heavy atom. The minimum atomic E-state index is 0.290. The van der Waals surface area contributed by atoms with Crippen molar-refractivity contribution in [3.05, 3.63) is 66.0 Å². The quantitative estimate of drug-likeness (QED) is 0.934. The smallest absolute Gasteiger partial charge is 0.0776 e. The van der Waals surface area contributed by atoms with Gasteiger partial charge < -0.3 is 5.32 Å². The van der Waals surface area contributed by atoms with Crippen molar-refractivity contribution in [2.45, 2.75) is 6.04 Å². The third kappa shape index (κ3) is 2.47. The van der Waals surface area contributed by atoms with Gasteiger partial charge in [0.15, 0.2) is 0 Å². The zero-order valence-corrected chi connectivity index (χ0v) is 12.2. The molecular weight excluding hydrogens is 258 g/mol. The summed E-state index contributed by atoms with van der Waals surface area (Å²) in [6, 6.07) is 17.3. The zero-order chi connectivity index (χ0) is 14.1. The number of aromatic nitrogens is 1. The molecule has 1 aromatic carbocycles. The van der Waals surface area contributed by atoms with Crippen molar-refractivity contribution in [2.24, 2.45) is 11.8 Å². The first kappa shape index (κ1) is 13.0. The van der Waals surface area contributed by atoms with Crippen molar-refractivity contribution >= 4 is 0 Å². The summed E-state index contributed by atoms with van der Waals surface area (Å²) in [5.41, 5.74) is 2.51. The Balaban J connectivity index is 1.68. The Morgan fingerprint density at radius 1 is 0.952 bits per heavy atom. The Morgan fingerprint density at radius 3 is 2.33 bits per heavy atom. The number of hydrogen-bond acceptors (Lipinski definition) is 3. The van der Waals surface area contributed by atoms with Gasteiger partial charge in [-0.3, -0.25) is 9.88 Å². The van der Waals surface area contributed by atoms with E-state index in [-0.39, 0.29) is 6.04 Å². The van der Waals surface area contributed by atoms with Crippen molar-refractivity contribution in [3.63, 3.8) is 0 Å². The van der Waals surface area contributed by atoms with E-state index in [1.807, 2.05) is 12.3 Å². The van der Waals surface area contributed by atoms with E-state index < -0.39 is 0 Å². The normalized spacial score (nSPS) is 26.7. The van der Waals surface area contributed by atoms with Crippen LogP contribution in [0.15, 0.2) is 54.7 Å². The summed E-state index contributed by atoms with van der Waals surface area (Å²) in [5.74, 6) is 1.61. The molecule has 1 unspecified atom stereocenters. The first-order valence-corrected chi connectivity index (χ1v) is 7.82. The largest absolute Gasteiger partial charge is 0.316 e. The topological polar surface area (TPSA) is 28.2 Å². The van der Waals surface area contributed by atoms with Crippen LogP contribution in [-0.2, 0) is 0 Å². The minimum absolute atomic E-state index is 0.290. The number of hydrogen-bond donors (Lipinski definition) is 1. The summed E-state index contributed by atoms with van der Waals surface area (Å²) in [6.07, 6.45) is 1.91. The van der Waals surface area contributed by atoms with Crippen LogP contribution in [0.25, 0.3) is 0 Å². The molecule has 2 aliphatic rings. The highest BCUT2D eigenvalue weighted by atomic mass is 15.2. The van der Waals surface area contributed by atoms with Crippen molar-refractivity contribution in [1.29, 1.82) is 0 Å². The molecule has 1 N–H and O–H groups in total. The van der Waals surface area contributed by atoms with Gasteiger partial charge in [0.05, 0.1) is 11.7 Å². The molecule has 3 nitrogen and oxygen atoms in total. The first-order chi connectivity index (χ1) is 10.4. The SMILES string of the molecule is c1ccc(C(c2ccccn2)N2C[C@H]3CNC[C@H]3C2)cc1. The van der Waals surface area contributed by atoms with Crippen LogP contribution in [-0.4, -0.2) is 36.1 Å². The lowest BCUT2D eigenvalue weighted by molar-refractivity contribution is 0.256. The zero-order valence-electron chi connectivity index (χ0n) is 12.2. The molecule has 2 saturated heterocycles. The van der Waals surface area contributed by atoms with Gasteiger partial charge >= 0.3 is 0 Å². The Bertz CT molecular complexity index is 532. The van der Waals surface area contributed by atoms with Crippen molar-refractivity contribution in [2.75, 3.05) is 26.2 Å². The van der Waals surface area contributed by atoms with Crippen LogP contribution < -0.4 is 5.32 Å². The van der Waals surface area contributed by atoms with E-state index in [4.69, 9.17) is 0 Å². The molecule has 4 rings (SSSR count). The number of rotatable bonds is 3. The van der Waals surface area contributed by atoms with Crippen LogP contribution in [0.2, 0.25) is 0 Å². The van der Waals surface area contributed by atoms with Crippen LogP contribution in [0.5, 0.6) is 0 Å². The van der Waals surface area contributed by atoms with Gasteiger partial charge in [-0.2, -0.15) is 0 Å². The van der Waals surface area contributed by atoms with E-state index in [9.17, 15) is 0 Å². The average molecular weight is 279 g/mol. The lowest BCUT2D eigenvalue weighted by Crippen LogP contribution is -2.31. The van der Waals surface area contributed by atoms with E-state index in [1.165, 1.54) is 31.7 Å². The van der Waals surface area contributed by atoms with Crippen molar-refractivity contribution in [3.8, 4) is 0 Å². The maximum absolute atomic E-state index is 4.64. The van der Waals surface area contributed by atoms with E-state index in [1.54, 1.807) is 0 Å². The summed E-state index contributed by atoms with van der Waals surface area (Å²) in [6.45, 7) is 4.69. The van der Waals surface area contributed by atoms with Gasteiger partial charge in [0.1, 0.15) is 0 Å². The molecule has 0 aliphatic carbocycles. The molecule has 108 valence electrons. The van der Waals surface area contributed by atoms with E-state index in [0.29, 0.717) is 0 Å². The van der Waals surface area contributed by atoms with Crippen LogP contribution in [0, 0.1) is 11.8 Å². The summed E-state index contributed by atoms with van der Waals surface area (Å²) < 4.78 is 0. The van der Waals surface area contributed by atoms with Crippen LogP contribution in [0.3, 0.4) is 0 Å². The number of benzene rings is 1. The van der Waals surface area contributed by atoms with E-state index in [2.05, 4.69) is 57.7 Å². The van der Waals surface area contributed by atoms with Crippen LogP contribution in [0.1, 0.15) is 17.3 Å². The van der Waals surface area contributed by atoms with E-state index >= 15 is 0 Å². The van der Waals surface area contributed by atoms with Gasteiger partial charge in [-0.1, -0.05) is 36.4 Å². The number of pyridine rings is 1. The molecule has 2 fully saturated rings. The average Bonchev–Trinajstić information content (AvgIpc) is 3.11. The molecule has 3 heteroatoms. The molecule has 0 bridgehead atoms. The lowest BCUT2D eigenvalue weighted by atomic mass is 10.0. The molecule has 0 saturated carbocycles. The molecule has 0 amide bonds. The summed E-state index contributed by atoms with van der Waals surface area (Å²) in [7, 11) is 0. The summed E-state index contributed by atoms with van der Waals surface area (Å²) in [5, 5.41) is 3.52. The van der Waals surface area contributed by atoms with Gasteiger partial charge in [-0.25, -0.2) is 0 Å². The predicted octanol–water partition coefficient (Wildman–Crippen LogP) is 2.32. The Kier molecular flexibility index (Phi) is 3.45. The third-order valence-electron chi connectivity index (χ3n) is 4.87. The highest BCUT2D eigenvalue weighted by molar-refractivity contribution is 5.28. The van der Waals surface area contributed by atoms with Gasteiger partial charge in [0, 0.05) is 19.3 Å². The number of nitrogens with zero attached hydrogens (tertiary/aromatic N) is 2. The molecule has 3 atom stereocenters. The fraction of sp³-hybridized carbons (Fsp3) is 0.389. The maximum atomic E-state index is 4.64. The number of nitrogens with one attached hydrogen (secondary N) is 1. The molecule has 0 radical (unpaired) electrons. The Labute approximate surface area is 126 Å². The second-order valence-corrected chi connectivity index (χ2v) is 6.20. The molecule has 21 heavy (non-hydrogen) atoms. The van der Waals surface area contributed by atoms with Gasteiger partial charge in [-0.05, 0) is 42.6 Å². The van der Waals surface area contributed by atoms with Gasteiger partial charge in [-0.15, -0.1) is 0 Å².